The number of amides is 1. The third-order valence-electron chi connectivity index (χ3n) is 10.2. The fourth-order valence-electron chi connectivity index (χ4n) is 7.98. The van der Waals surface area contributed by atoms with Crippen molar-refractivity contribution in [1.29, 1.82) is 0 Å². The minimum atomic E-state index is -1.22. The molecule has 1 saturated carbocycles. The highest BCUT2D eigenvalue weighted by Gasteiger charge is 2.48. The lowest BCUT2D eigenvalue weighted by Crippen LogP contribution is -2.66. The van der Waals surface area contributed by atoms with Crippen LogP contribution in [0.25, 0.3) is 10.8 Å². The molecule has 1 aliphatic carbocycles. The van der Waals surface area contributed by atoms with Gasteiger partial charge in [-0.1, -0.05) is 86.0 Å². The average molecular weight is 551 g/mol. The van der Waals surface area contributed by atoms with E-state index in [0.717, 1.165) is 96.8 Å². The largest absolute Gasteiger partial charge is 0.436 e. The average Bonchev–Trinajstić information content (AvgIpc) is 3.50. The molecule has 212 valence electrons. The Kier molecular flexibility index (Phi) is 6.92. The number of nitrogens with zero attached hydrogens (tertiary/aromatic N) is 2. The monoisotopic (exact) mass is 550 g/mol. The molecule has 1 aromatic heterocycles. The molecule has 41 heavy (non-hydrogen) atoms. The lowest BCUT2D eigenvalue weighted by Gasteiger charge is -2.52. The Morgan fingerprint density at radius 1 is 0.927 bits per heavy atom. The highest BCUT2D eigenvalue weighted by molar-refractivity contribution is 6.07. The summed E-state index contributed by atoms with van der Waals surface area (Å²) in [5, 5.41) is 17.7. The maximum atomic E-state index is 13.5. The Morgan fingerprint density at radius 2 is 1.66 bits per heavy atom. The first-order chi connectivity index (χ1) is 20.0. The molecule has 1 amide bonds. The maximum Gasteiger partial charge on any atom is 0.252 e. The third-order valence-corrected chi connectivity index (χ3v) is 10.2. The summed E-state index contributed by atoms with van der Waals surface area (Å²) in [6, 6.07) is 24.1. The van der Waals surface area contributed by atoms with Crippen LogP contribution in [0.5, 0.6) is 0 Å². The molecule has 4 heterocycles. The van der Waals surface area contributed by atoms with Gasteiger partial charge in [0, 0.05) is 24.3 Å². The van der Waals surface area contributed by atoms with Crippen molar-refractivity contribution in [3.8, 4) is 0 Å². The van der Waals surface area contributed by atoms with Crippen LogP contribution in [0.4, 0.5) is 0 Å². The van der Waals surface area contributed by atoms with Gasteiger partial charge in [0.25, 0.3) is 5.91 Å². The first kappa shape index (κ1) is 26.4. The minimum absolute atomic E-state index is 0.0149. The molecule has 4 aliphatic rings. The van der Waals surface area contributed by atoms with Crippen LogP contribution in [0.1, 0.15) is 72.5 Å². The van der Waals surface area contributed by atoms with Gasteiger partial charge in [-0.05, 0) is 41.2 Å². The zero-order valence-electron chi connectivity index (χ0n) is 23.7. The Labute approximate surface area is 242 Å². The maximum absolute atomic E-state index is 13.5. The van der Waals surface area contributed by atoms with Gasteiger partial charge in [-0.3, -0.25) is 4.79 Å². The molecule has 1 unspecified atom stereocenters. The molecule has 2 bridgehead atoms. The van der Waals surface area contributed by atoms with Crippen molar-refractivity contribution in [3.63, 3.8) is 0 Å². The number of rotatable bonds is 7. The number of carbonyl (C=O) groups is 1. The van der Waals surface area contributed by atoms with Crippen molar-refractivity contribution < 1.29 is 18.8 Å². The molecule has 8 rings (SSSR count). The van der Waals surface area contributed by atoms with Gasteiger partial charge in [0.15, 0.2) is 11.4 Å². The molecule has 6 heteroatoms. The standard InChI is InChI=1S/C35H39N3O3/c39-33(31-17-9-11-25-10-7-8-16-30(25)31)37-32-24-38(20-18-26(32)19-21-38)23-29-22-36-34(41-29)35(40,27-12-3-1-4-13-27)28-14-5-2-6-15-28/h1,3-4,7-13,16-17,22,26,28,32,40H,2,5-6,14-15,18-21,23-24H2/p+1/t26?,32?,35-,38?/m0/s1. The second-order valence-corrected chi connectivity index (χ2v) is 12.7. The molecule has 4 fully saturated rings. The Bertz CT molecular complexity index is 1510. The molecule has 0 radical (unpaired) electrons. The quantitative estimate of drug-likeness (QED) is 0.269. The van der Waals surface area contributed by atoms with Crippen LogP contribution in [-0.2, 0) is 12.1 Å². The molecular weight excluding hydrogens is 510 g/mol. The molecule has 6 nitrogen and oxygen atoms in total. The summed E-state index contributed by atoms with van der Waals surface area (Å²) in [4.78, 5) is 18.2. The summed E-state index contributed by atoms with van der Waals surface area (Å²) < 4.78 is 7.36. The first-order valence-electron chi connectivity index (χ1n) is 15.4. The molecule has 2 N–H and O–H groups in total. The molecule has 2 atom stereocenters. The summed E-state index contributed by atoms with van der Waals surface area (Å²) in [6.07, 6.45) is 9.45. The summed E-state index contributed by atoms with van der Waals surface area (Å²) in [7, 11) is 0. The van der Waals surface area contributed by atoms with Gasteiger partial charge < -0.3 is 19.3 Å². The number of fused-ring (bicyclic) bond motifs is 4. The third kappa shape index (κ3) is 4.87. The summed E-state index contributed by atoms with van der Waals surface area (Å²) in [5.74, 6) is 1.87. The van der Waals surface area contributed by atoms with Crippen molar-refractivity contribution in [2.75, 3.05) is 19.6 Å². The number of piperidine rings is 3. The van der Waals surface area contributed by atoms with Crippen LogP contribution < -0.4 is 5.32 Å². The zero-order valence-corrected chi connectivity index (χ0v) is 23.7. The Hall–Kier alpha value is -3.48. The number of hydrogen-bond donors (Lipinski definition) is 2. The van der Waals surface area contributed by atoms with Crippen LogP contribution in [0.3, 0.4) is 0 Å². The van der Waals surface area contributed by atoms with Crippen LogP contribution in [0.2, 0.25) is 0 Å². The molecular formula is C35H40N3O3+. The van der Waals surface area contributed by atoms with E-state index in [2.05, 4.69) is 17.4 Å². The highest BCUT2D eigenvalue weighted by Crippen LogP contribution is 2.44. The Balaban J connectivity index is 1.11. The van der Waals surface area contributed by atoms with Crippen molar-refractivity contribution in [1.82, 2.24) is 10.3 Å². The van der Waals surface area contributed by atoms with E-state index in [-0.39, 0.29) is 17.9 Å². The van der Waals surface area contributed by atoms with Gasteiger partial charge in [-0.15, -0.1) is 0 Å². The van der Waals surface area contributed by atoms with E-state index < -0.39 is 5.60 Å². The van der Waals surface area contributed by atoms with Gasteiger partial charge in [0.1, 0.15) is 6.54 Å². The topological polar surface area (TPSA) is 75.4 Å². The van der Waals surface area contributed by atoms with E-state index in [9.17, 15) is 9.90 Å². The fraction of sp³-hybridized carbons (Fsp3) is 0.429. The normalized spacial score (nSPS) is 26.1. The lowest BCUT2D eigenvalue weighted by atomic mass is 9.73. The number of oxazole rings is 1. The van der Waals surface area contributed by atoms with Crippen molar-refractivity contribution in [3.05, 3.63) is 102 Å². The van der Waals surface area contributed by atoms with E-state index in [4.69, 9.17) is 9.40 Å². The number of aliphatic hydroxyl groups is 1. The zero-order chi connectivity index (χ0) is 27.9. The number of nitrogens with one attached hydrogen (secondary N) is 1. The van der Waals surface area contributed by atoms with Crippen molar-refractivity contribution in [2.45, 2.75) is 63.1 Å². The van der Waals surface area contributed by atoms with Crippen LogP contribution in [0.15, 0.2) is 83.4 Å². The predicted molar refractivity (Wildman–Crippen MR) is 159 cm³/mol. The molecule has 4 aromatic rings. The SMILES string of the molecule is O=C(NC1C[N+]2(Cc3cnc([C@](O)(c4ccccc4)C4CCCCC4)o3)CCC1CC2)c1cccc2ccccc12. The van der Waals surface area contributed by atoms with E-state index in [1.165, 1.54) is 6.42 Å². The summed E-state index contributed by atoms with van der Waals surface area (Å²) >= 11 is 0. The van der Waals surface area contributed by atoms with E-state index in [1.54, 1.807) is 0 Å². The van der Waals surface area contributed by atoms with Crippen LogP contribution in [-0.4, -0.2) is 46.2 Å². The van der Waals surface area contributed by atoms with E-state index in [0.29, 0.717) is 11.8 Å². The first-order valence-corrected chi connectivity index (χ1v) is 15.4. The smallest absolute Gasteiger partial charge is 0.252 e. The Morgan fingerprint density at radius 3 is 2.46 bits per heavy atom. The number of carbonyl (C=O) groups excluding carboxylic acids is 1. The molecule has 3 saturated heterocycles. The van der Waals surface area contributed by atoms with Crippen LogP contribution >= 0.6 is 0 Å². The van der Waals surface area contributed by atoms with Gasteiger partial charge in [0.05, 0.1) is 31.9 Å². The second-order valence-electron chi connectivity index (χ2n) is 12.7. The van der Waals surface area contributed by atoms with Gasteiger partial charge in [-0.2, -0.15) is 0 Å². The second kappa shape index (κ2) is 10.7. The molecule has 3 aromatic carbocycles. The highest BCUT2D eigenvalue weighted by atomic mass is 16.4. The predicted octanol–water partition coefficient (Wildman–Crippen LogP) is 6.18. The van der Waals surface area contributed by atoms with Gasteiger partial charge in [0.2, 0.25) is 5.89 Å². The van der Waals surface area contributed by atoms with E-state index in [1.807, 2.05) is 66.9 Å². The number of aromatic nitrogens is 1. The minimum Gasteiger partial charge on any atom is -0.436 e. The molecule has 3 aliphatic heterocycles. The lowest BCUT2D eigenvalue weighted by molar-refractivity contribution is -0.956. The number of benzene rings is 3. The van der Waals surface area contributed by atoms with Crippen LogP contribution in [0, 0.1) is 11.8 Å². The van der Waals surface area contributed by atoms with Gasteiger partial charge in [-0.25, -0.2) is 4.98 Å². The van der Waals surface area contributed by atoms with Crippen molar-refractivity contribution in [2.24, 2.45) is 11.8 Å². The number of hydrogen-bond acceptors (Lipinski definition) is 4. The summed E-state index contributed by atoms with van der Waals surface area (Å²) in [6.45, 7) is 3.78. The van der Waals surface area contributed by atoms with E-state index >= 15 is 0 Å². The number of quaternary nitrogens is 1. The van der Waals surface area contributed by atoms with Crippen molar-refractivity contribution >= 4 is 16.7 Å². The molecule has 0 spiro atoms. The summed E-state index contributed by atoms with van der Waals surface area (Å²) in [5.41, 5.74) is 0.389. The fourth-order valence-corrected chi connectivity index (χ4v) is 7.98. The van der Waals surface area contributed by atoms with Gasteiger partial charge >= 0.3 is 0 Å².